The van der Waals surface area contributed by atoms with Crippen molar-refractivity contribution in [3.05, 3.63) is 5.69 Å². The smallest absolute Gasteiger partial charge is 0.188 e. The molecule has 0 aliphatic carbocycles. The van der Waals surface area contributed by atoms with Crippen LogP contribution in [0.2, 0.25) is 0 Å². The first-order valence-corrected chi connectivity index (χ1v) is 8.91. The van der Waals surface area contributed by atoms with Crippen molar-refractivity contribution < 1.29 is 4.74 Å². The van der Waals surface area contributed by atoms with E-state index >= 15 is 0 Å². The van der Waals surface area contributed by atoms with Crippen LogP contribution in [-0.4, -0.2) is 65.1 Å². The van der Waals surface area contributed by atoms with Crippen LogP contribution in [0.15, 0.2) is 0 Å². The van der Waals surface area contributed by atoms with Crippen molar-refractivity contribution in [2.45, 2.75) is 25.8 Å². The van der Waals surface area contributed by atoms with Gasteiger partial charge in [-0.2, -0.15) is 5.10 Å². The second kappa shape index (κ2) is 5.79. The van der Waals surface area contributed by atoms with Crippen molar-refractivity contribution in [2.75, 3.05) is 44.3 Å². The molecule has 6 nitrogen and oxygen atoms in total. The predicted molar refractivity (Wildman–Crippen MR) is 88.8 cm³/mol. The summed E-state index contributed by atoms with van der Waals surface area (Å²) in [4.78, 5) is 9.87. The monoisotopic (exact) mass is 321 g/mol. The quantitative estimate of drug-likeness (QED) is 0.841. The van der Waals surface area contributed by atoms with Crippen LogP contribution < -0.4 is 4.90 Å². The topological polar surface area (TPSA) is 46.4 Å². The van der Waals surface area contributed by atoms with Gasteiger partial charge in [0.2, 0.25) is 0 Å². The minimum Gasteiger partial charge on any atom is -0.381 e. The summed E-state index contributed by atoms with van der Waals surface area (Å²) in [6.07, 6.45) is 2.37. The Bertz CT molecular complexity index is 618. The van der Waals surface area contributed by atoms with Gasteiger partial charge in [0.1, 0.15) is 0 Å². The molecule has 120 valence electrons. The molecule has 2 fully saturated rings. The van der Waals surface area contributed by atoms with Crippen LogP contribution in [0.1, 0.15) is 18.5 Å². The lowest BCUT2D eigenvalue weighted by molar-refractivity contribution is 0.0321. The van der Waals surface area contributed by atoms with Gasteiger partial charge in [0.15, 0.2) is 10.8 Å². The van der Waals surface area contributed by atoms with Crippen LogP contribution >= 0.6 is 11.3 Å². The van der Waals surface area contributed by atoms with E-state index in [1.807, 2.05) is 11.7 Å². The van der Waals surface area contributed by atoms with Gasteiger partial charge in [-0.05, 0) is 19.8 Å². The number of hydrogen-bond donors (Lipinski definition) is 0. The molecule has 0 amide bonds. The summed E-state index contributed by atoms with van der Waals surface area (Å²) in [5.41, 5.74) is 2.10. The number of hydrogen-bond acceptors (Lipinski definition) is 6. The third kappa shape index (κ3) is 2.51. The fraction of sp³-hybridized carbons (Fsp3) is 0.733. The van der Waals surface area contributed by atoms with Crippen molar-refractivity contribution >= 4 is 26.8 Å². The fourth-order valence-corrected chi connectivity index (χ4v) is 4.62. The third-order valence-electron chi connectivity index (χ3n) is 4.83. The summed E-state index contributed by atoms with van der Waals surface area (Å²) < 4.78 is 8.59. The van der Waals surface area contributed by atoms with Crippen LogP contribution in [-0.2, 0) is 11.8 Å². The van der Waals surface area contributed by atoms with E-state index in [0.717, 1.165) is 61.9 Å². The van der Waals surface area contributed by atoms with E-state index in [2.05, 4.69) is 21.8 Å². The molecule has 0 aromatic carbocycles. The maximum absolute atomic E-state index is 5.47. The molecular weight excluding hydrogens is 298 g/mol. The van der Waals surface area contributed by atoms with E-state index in [-0.39, 0.29) is 0 Å². The molecule has 7 heteroatoms. The Morgan fingerprint density at radius 1 is 1.14 bits per heavy atom. The van der Waals surface area contributed by atoms with Gasteiger partial charge in [-0.25, -0.2) is 9.67 Å². The average Bonchev–Trinajstić information content (AvgIpc) is 3.11. The molecule has 2 aromatic rings. The van der Waals surface area contributed by atoms with Gasteiger partial charge >= 0.3 is 0 Å². The molecule has 4 rings (SSSR count). The largest absolute Gasteiger partial charge is 0.381 e. The first kappa shape index (κ1) is 14.4. The second-order valence-electron chi connectivity index (χ2n) is 6.22. The standard InChI is InChI=1S/C15H23N5OS/c1-11-13-14(18(2)17-11)16-15(22-13)20-7-5-19(6-8-20)12-3-9-21-10-4-12/h12H,3-10H2,1-2H3. The van der Waals surface area contributed by atoms with Gasteiger partial charge in [-0.3, -0.25) is 4.90 Å². The number of rotatable bonds is 2. The van der Waals surface area contributed by atoms with Crippen LogP contribution in [0, 0.1) is 6.92 Å². The van der Waals surface area contributed by atoms with Crippen LogP contribution in [0.3, 0.4) is 0 Å². The summed E-state index contributed by atoms with van der Waals surface area (Å²) in [7, 11) is 1.97. The lowest BCUT2D eigenvalue weighted by Crippen LogP contribution is -2.51. The van der Waals surface area contributed by atoms with Gasteiger partial charge in [-0.15, -0.1) is 0 Å². The first-order valence-electron chi connectivity index (χ1n) is 8.09. The molecule has 0 radical (unpaired) electrons. The Hall–Kier alpha value is -1.18. The molecule has 22 heavy (non-hydrogen) atoms. The van der Waals surface area contributed by atoms with Gasteiger partial charge < -0.3 is 9.64 Å². The third-order valence-corrected chi connectivity index (χ3v) is 6.04. The van der Waals surface area contributed by atoms with E-state index in [9.17, 15) is 0 Å². The van der Waals surface area contributed by atoms with Crippen molar-refractivity contribution in [1.82, 2.24) is 19.7 Å². The Balaban J connectivity index is 1.44. The Morgan fingerprint density at radius 3 is 2.55 bits per heavy atom. The van der Waals surface area contributed by atoms with E-state index < -0.39 is 0 Å². The molecule has 4 heterocycles. The lowest BCUT2D eigenvalue weighted by atomic mass is 10.1. The molecule has 2 aliphatic heterocycles. The number of fused-ring (bicyclic) bond motifs is 1. The zero-order valence-corrected chi connectivity index (χ0v) is 14.1. The van der Waals surface area contributed by atoms with Crippen molar-refractivity contribution in [3.63, 3.8) is 0 Å². The molecule has 2 aliphatic rings. The minimum atomic E-state index is 0.720. The summed E-state index contributed by atoms with van der Waals surface area (Å²) >= 11 is 1.78. The van der Waals surface area contributed by atoms with Gasteiger partial charge in [0.05, 0.1) is 10.4 Å². The van der Waals surface area contributed by atoms with Crippen LogP contribution in [0.4, 0.5) is 5.13 Å². The zero-order valence-electron chi connectivity index (χ0n) is 13.3. The molecule has 0 saturated carbocycles. The Labute approximate surface area is 134 Å². The van der Waals surface area contributed by atoms with E-state index in [1.165, 1.54) is 17.5 Å². The molecule has 2 saturated heterocycles. The summed E-state index contributed by atoms with van der Waals surface area (Å²) in [6, 6.07) is 0.720. The lowest BCUT2D eigenvalue weighted by Gasteiger charge is -2.40. The van der Waals surface area contributed by atoms with Gasteiger partial charge in [0.25, 0.3) is 0 Å². The number of ether oxygens (including phenoxy) is 1. The summed E-state index contributed by atoms with van der Waals surface area (Å²) in [6.45, 7) is 8.33. The average molecular weight is 321 g/mol. The molecule has 0 bridgehead atoms. The highest BCUT2D eigenvalue weighted by atomic mass is 32.1. The summed E-state index contributed by atoms with van der Waals surface area (Å²) in [5, 5.41) is 5.59. The molecule has 0 spiro atoms. The molecule has 0 unspecified atom stereocenters. The number of nitrogens with zero attached hydrogens (tertiary/aromatic N) is 5. The van der Waals surface area contributed by atoms with Crippen LogP contribution in [0.25, 0.3) is 10.3 Å². The van der Waals surface area contributed by atoms with E-state index in [1.54, 1.807) is 11.3 Å². The fourth-order valence-electron chi connectivity index (χ4n) is 3.54. The van der Waals surface area contributed by atoms with E-state index in [0.29, 0.717) is 0 Å². The molecular formula is C15H23N5OS. The number of anilines is 1. The van der Waals surface area contributed by atoms with Crippen molar-refractivity contribution in [1.29, 1.82) is 0 Å². The minimum absolute atomic E-state index is 0.720. The first-order chi connectivity index (χ1) is 10.7. The number of aryl methyl sites for hydroxylation is 2. The molecule has 0 atom stereocenters. The maximum atomic E-state index is 5.47. The Morgan fingerprint density at radius 2 is 1.86 bits per heavy atom. The number of piperazine rings is 1. The maximum Gasteiger partial charge on any atom is 0.188 e. The molecule has 2 aromatic heterocycles. The highest BCUT2D eigenvalue weighted by Crippen LogP contribution is 2.31. The SMILES string of the molecule is Cc1nn(C)c2nc(N3CCN(C4CCOCC4)CC3)sc12. The molecule has 0 N–H and O–H groups in total. The van der Waals surface area contributed by atoms with Gasteiger partial charge in [0, 0.05) is 52.5 Å². The number of thiazole rings is 1. The highest BCUT2D eigenvalue weighted by Gasteiger charge is 2.27. The second-order valence-corrected chi connectivity index (χ2v) is 7.20. The Kier molecular flexibility index (Phi) is 3.79. The van der Waals surface area contributed by atoms with Crippen LogP contribution in [0.5, 0.6) is 0 Å². The number of aromatic nitrogens is 3. The van der Waals surface area contributed by atoms with Crippen molar-refractivity contribution in [2.24, 2.45) is 7.05 Å². The highest BCUT2D eigenvalue weighted by molar-refractivity contribution is 7.22. The normalized spacial score (nSPS) is 21.8. The zero-order chi connectivity index (χ0) is 15.1. The predicted octanol–water partition coefficient (Wildman–Crippen LogP) is 1.64. The van der Waals surface area contributed by atoms with Gasteiger partial charge in [-0.1, -0.05) is 11.3 Å². The van der Waals surface area contributed by atoms with Crippen molar-refractivity contribution in [3.8, 4) is 0 Å². The summed E-state index contributed by atoms with van der Waals surface area (Å²) in [5.74, 6) is 0. The van der Waals surface area contributed by atoms with E-state index in [4.69, 9.17) is 9.72 Å².